The van der Waals surface area contributed by atoms with Gasteiger partial charge in [0.2, 0.25) is 0 Å². The van der Waals surface area contributed by atoms with Crippen molar-refractivity contribution in [2.24, 2.45) is 0 Å². The quantitative estimate of drug-likeness (QED) is 0.558. The summed E-state index contributed by atoms with van der Waals surface area (Å²) in [5.41, 5.74) is 1.11. The minimum atomic E-state index is -4.55. The summed E-state index contributed by atoms with van der Waals surface area (Å²) in [6.45, 7) is 0. The molecule has 0 amide bonds. The summed E-state index contributed by atoms with van der Waals surface area (Å²) in [6.07, 6.45) is 0. The van der Waals surface area contributed by atoms with Gasteiger partial charge in [0.1, 0.15) is 4.90 Å². The van der Waals surface area contributed by atoms with E-state index in [2.05, 4.69) is 10.8 Å². The first kappa shape index (κ1) is 20.7. The van der Waals surface area contributed by atoms with E-state index in [1.807, 2.05) is 0 Å². The summed E-state index contributed by atoms with van der Waals surface area (Å²) >= 11 is 6.24. The molecule has 9 heteroatoms. The van der Waals surface area contributed by atoms with E-state index in [0.29, 0.717) is 23.3 Å². The maximum Gasteiger partial charge on any atom is 0.264 e. The number of hydrogen-bond acceptors (Lipinski definition) is 3. The number of nitrogens with zero attached hydrogens (tertiary/aromatic N) is 1. The van der Waals surface area contributed by atoms with Gasteiger partial charge in [-0.3, -0.25) is 4.72 Å². The molecule has 148 valence electrons. The predicted molar refractivity (Wildman–Crippen MR) is 102 cm³/mol. The Morgan fingerprint density at radius 2 is 1.66 bits per heavy atom. The maximum absolute atomic E-state index is 13.8. The number of rotatable bonds is 5. The fraction of sp³-hybridized carbons (Fsp3) is 0.0500. The van der Waals surface area contributed by atoms with E-state index in [1.54, 1.807) is 30.3 Å². The van der Waals surface area contributed by atoms with Crippen LogP contribution in [0.15, 0.2) is 65.6 Å². The molecule has 0 radical (unpaired) electrons. The van der Waals surface area contributed by atoms with Crippen LogP contribution in [-0.2, 0) is 10.0 Å². The first-order valence-electron chi connectivity index (χ1n) is 8.15. The van der Waals surface area contributed by atoms with Crippen molar-refractivity contribution in [3.63, 3.8) is 0 Å². The van der Waals surface area contributed by atoms with Gasteiger partial charge in [-0.05, 0) is 35.4 Å². The van der Waals surface area contributed by atoms with Crippen molar-refractivity contribution >= 4 is 27.3 Å². The van der Waals surface area contributed by atoms with Crippen LogP contribution in [0.3, 0.4) is 0 Å². The molecule has 3 aromatic carbocycles. The van der Waals surface area contributed by atoms with Crippen molar-refractivity contribution in [2.75, 3.05) is 4.72 Å². The van der Waals surface area contributed by atoms with Crippen LogP contribution in [-0.4, -0.2) is 8.42 Å². The minimum absolute atomic E-state index is 0.0346. The molecule has 0 spiro atoms. The van der Waals surface area contributed by atoms with Crippen LogP contribution < -0.4 is 4.72 Å². The number of benzene rings is 3. The van der Waals surface area contributed by atoms with E-state index in [9.17, 15) is 26.9 Å². The molecule has 3 rings (SSSR count). The van der Waals surface area contributed by atoms with Gasteiger partial charge in [0.15, 0.2) is 17.5 Å². The molecule has 1 atom stereocenters. The average Bonchev–Trinajstić information content (AvgIpc) is 2.68. The lowest BCUT2D eigenvalue weighted by atomic mass is 9.92. The van der Waals surface area contributed by atoms with E-state index in [-0.39, 0.29) is 10.7 Å². The molecule has 29 heavy (non-hydrogen) atoms. The predicted octanol–water partition coefficient (Wildman–Crippen LogP) is 5.21. The minimum Gasteiger partial charge on any atom is -0.279 e. The molecule has 4 nitrogen and oxygen atoms in total. The van der Waals surface area contributed by atoms with Gasteiger partial charge in [-0.1, -0.05) is 48.0 Å². The summed E-state index contributed by atoms with van der Waals surface area (Å²) in [4.78, 5) is -1.05. The van der Waals surface area contributed by atoms with E-state index in [1.165, 1.54) is 18.2 Å². The fourth-order valence-corrected chi connectivity index (χ4v) is 4.13. The third kappa shape index (κ3) is 4.21. The van der Waals surface area contributed by atoms with Gasteiger partial charge < -0.3 is 0 Å². The highest BCUT2D eigenvalue weighted by Crippen LogP contribution is 2.32. The number of anilines is 1. The highest BCUT2D eigenvalue weighted by atomic mass is 35.5. The zero-order valence-electron chi connectivity index (χ0n) is 14.5. The van der Waals surface area contributed by atoms with Crippen molar-refractivity contribution < 1.29 is 21.6 Å². The zero-order chi connectivity index (χ0) is 21.2. The lowest BCUT2D eigenvalue weighted by Gasteiger charge is -2.14. The Balaban J connectivity index is 1.93. The number of nitriles is 1. The van der Waals surface area contributed by atoms with E-state index < -0.39 is 38.3 Å². The molecular formula is C20H12ClF3N2O2S. The van der Waals surface area contributed by atoms with Crippen molar-refractivity contribution in [1.29, 1.82) is 5.26 Å². The third-order valence-corrected chi connectivity index (χ3v) is 5.84. The van der Waals surface area contributed by atoms with Crippen molar-refractivity contribution in [2.45, 2.75) is 10.8 Å². The Morgan fingerprint density at radius 1 is 0.966 bits per heavy atom. The topological polar surface area (TPSA) is 70.0 Å². The molecule has 3 aromatic rings. The smallest absolute Gasteiger partial charge is 0.264 e. The molecule has 0 fully saturated rings. The number of nitrogens with one attached hydrogen (secondary N) is 1. The second-order valence-corrected chi connectivity index (χ2v) is 8.05. The molecule has 0 aliphatic carbocycles. The van der Waals surface area contributed by atoms with Crippen LogP contribution in [0.5, 0.6) is 0 Å². The molecule has 0 unspecified atom stereocenters. The van der Waals surface area contributed by atoms with Crippen molar-refractivity contribution in [3.05, 3.63) is 94.3 Å². The Kier molecular flexibility index (Phi) is 5.82. The summed E-state index contributed by atoms with van der Waals surface area (Å²) in [5.74, 6) is -5.90. The molecular weight excluding hydrogens is 425 g/mol. The molecule has 0 saturated carbocycles. The van der Waals surface area contributed by atoms with Crippen molar-refractivity contribution in [1.82, 2.24) is 0 Å². The molecule has 0 aliphatic heterocycles. The maximum atomic E-state index is 13.8. The van der Waals surface area contributed by atoms with Gasteiger partial charge in [0.05, 0.1) is 17.7 Å². The number of sulfonamides is 1. The first-order chi connectivity index (χ1) is 13.7. The van der Waals surface area contributed by atoms with E-state index in [0.717, 1.165) is 0 Å². The fourth-order valence-electron chi connectivity index (χ4n) is 2.72. The summed E-state index contributed by atoms with van der Waals surface area (Å²) < 4.78 is 67.0. The van der Waals surface area contributed by atoms with Crippen molar-refractivity contribution in [3.8, 4) is 6.07 Å². The van der Waals surface area contributed by atoms with Crippen LogP contribution >= 0.6 is 11.6 Å². The second-order valence-electron chi connectivity index (χ2n) is 5.99. The van der Waals surface area contributed by atoms with E-state index >= 15 is 0 Å². The lowest BCUT2D eigenvalue weighted by molar-refractivity contribution is 0.432. The molecule has 0 saturated heterocycles. The summed E-state index contributed by atoms with van der Waals surface area (Å²) in [7, 11) is -4.55. The normalized spacial score (nSPS) is 12.2. The number of hydrogen-bond donors (Lipinski definition) is 1. The van der Waals surface area contributed by atoms with Gasteiger partial charge in [-0.25, -0.2) is 21.6 Å². The molecule has 0 bridgehead atoms. The Morgan fingerprint density at radius 3 is 2.28 bits per heavy atom. The molecule has 0 heterocycles. The van der Waals surface area contributed by atoms with Gasteiger partial charge >= 0.3 is 0 Å². The van der Waals surface area contributed by atoms with Gasteiger partial charge in [0.25, 0.3) is 10.0 Å². The monoisotopic (exact) mass is 436 g/mol. The standard InChI is InChI=1S/C20H12ClF3N2O2S/c21-16-10-13(6-7-14(16)15(11-25)12-4-2-1-3-5-12)26-29(27,28)18-9-8-17(22)19(23)20(18)24/h1-10,15,26H/t15-/m0/s1. The Hall–Kier alpha value is -3.02. The SMILES string of the molecule is N#C[C@@H](c1ccccc1)c1ccc(NS(=O)(=O)c2ccc(F)c(F)c2F)cc1Cl. The second kappa shape index (κ2) is 8.15. The Bertz CT molecular complexity index is 1210. The molecule has 1 N–H and O–H groups in total. The summed E-state index contributed by atoms with van der Waals surface area (Å²) in [5, 5.41) is 9.62. The van der Waals surface area contributed by atoms with Crippen LogP contribution in [0.25, 0.3) is 0 Å². The number of halogens is 4. The highest BCUT2D eigenvalue weighted by molar-refractivity contribution is 7.92. The molecule has 0 aliphatic rings. The van der Waals surface area contributed by atoms with Crippen LogP contribution in [0.2, 0.25) is 5.02 Å². The Labute approximate surface area is 170 Å². The van der Waals surface area contributed by atoms with Gasteiger partial charge in [0, 0.05) is 5.02 Å². The highest BCUT2D eigenvalue weighted by Gasteiger charge is 2.25. The largest absolute Gasteiger partial charge is 0.279 e. The summed E-state index contributed by atoms with van der Waals surface area (Å²) in [6, 6.07) is 16.2. The first-order valence-corrected chi connectivity index (χ1v) is 10.0. The van der Waals surface area contributed by atoms with Gasteiger partial charge in [-0.15, -0.1) is 0 Å². The lowest BCUT2D eigenvalue weighted by Crippen LogP contribution is -2.16. The van der Waals surface area contributed by atoms with Gasteiger partial charge in [-0.2, -0.15) is 5.26 Å². The molecule has 0 aromatic heterocycles. The zero-order valence-corrected chi connectivity index (χ0v) is 16.1. The van der Waals surface area contributed by atoms with Crippen LogP contribution in [0, 0.1) is 28.8 Å². The van der Waals surface area contributed by atoms with Crippen LogP contribution in [0.4, 0.5) is 18.9 Å². The third-order valence-electron chi connectivity index (χ3n) is 4.11. The average molecular weight is 437 g/mol. The van der Waals surface area contributed by atoms with E-state index in [4.69, 9.17) is 11.6 Å². The van der Waals surface area contributed by atoms with Crippen LogP contribution in [0.1, 0.15) is 17.0 Å².